The fraction of sp³-hybridized carbons (Fsp3) is 0.500. The molecule has 0 aliphatic carbocycles. The third kappa shape index (κ3) is 2.67. The molecule has 16 heavy (non-hydrogen) atoms. The average molecular weight is 241 g/mol. The van der Waals surface area contributed by atoms with Crippen LogP contribution in [0.5, 0.6) is 0 Å². The molecule has 3 nitrogen and oxygen atoms in total. The average Bonchev–Trinajstić information content (AvgIpc) is 2.57. The van der Waals surface area contributed by atoms with Crippen LogP contribution in [-0.2, 0) is 11.3 Å². The first kappa shape index (κ1) is 11.7. The summed E-state index contributed by atoms with van der Waals surface area (Å²) in [5.74, 6) is 0. The first-order chi connectivity index (χ1) is 7.81. The fourth-order valence-corrected chi connectivity index (χ4v) is 2.21. The summed E-state index contributed by atoms with van der Waals surface area (Å²) in [6, 6.07) is 5.92. The van der Waals surface area contributed by atoms with Gasteiger partial charge >= 0.3 is 0 Å². The molecule has 1 fully saturated rings. The lowest BCUT2D eigenvalue weighted by Gasteiger charge is -2.24. The summed E-state index contributed by atoms with van der Waals surface area (Å²) in [7, 11) is 0. The number of ether oxygens (including phenoxy) is 1. The van der Waals surface area contributed by atoms with E-state index >= 15 is 0 Å². The van der Waals surface area contributed by atoms with Crippen LogP contribution in [0.3, 0.4) is 0 Å². The molecule has 4 heteroatoms. The van der Waals surface area contributed by atoms with Gasteiger partial charge in [0, 0.05) is 37.0 Å². The molecule has 0 unspecified atom stereocenters. The van der Waals surface area contributed by atoms with E-state index in [4.69, 9.17) is 22.1 Å². The Balaban J connectivity index is 2.23. The smallest absolute Gasteiger partial charge is 0.0641 e. The minimum Gasteiger partial charge on any atom is -0.380 e. The molecule has 1 aromatic carbocycles. The van der Waals surface area contributed by atoms with Crippen molar-refractivity contribution in [1.82, 2.24) is 0 Å². The Labute approximate surface area is 101 Å². The van der Waals surface area contributed by atoms with Crippen molar-refractivity contribution in [3.8, 4) is 0 Å². The van der Waals surface area contributed by atoms with Gasteiger partial charge in [-0.25, -0.2) is 0 Å². The van der Waals surface area contributed by atoms with Gasteiger partial charge in [0.2, 0.25) is 0 Å². The molecule has 0 radical (unpaired) electrons. The zero-order chi connectivity index (χ0) is 11.4. The van der Waals surface area contributed by atoms with Crippen molar-refractivity contribution < 1.29 is 4.74 Å². The van der Waals surface area contributed by atoms with Crippen molar-refractivity contribution >= 4 is 17.3 Å². The highest BCUT2D eigenvalue weighted by molar-refractivity contribution is 6.30. The molecule has 1 aliphatic rings. The van der Waals surface area contributed by atoms with Crippen LogP contribution in [0.15, 0.2) is 18.2 Å². The summed E-state index contributed by atoms with van der Waals surface area (Å²) < 4.78 is 5.44. The van der Waals surface area contributed by atoms with Crippen molar-refractivity contribution in [2.24, 2.45) is 5.73 Å². The molecule has 1 aliphatic heterocycles. The summed E-state index contributed by atoms with van der Waals surface area (Å²) in [6.45, 7) is 4.10. The quantitative estimate of drug-likeness (QED) is 0.860. The molecule has 0 aromatic heterocycles. The summed E-state index contributed by atoms with van der Waals surface area (Å²) in [5, 5.41) is 0.746. The number of hydrogen-bond donors (Lipinski definition) is 1. The third-order valence-electron chi connectivity index (χ3n) is 2.82. The highest BCUT2D eigenvalue weighted by Gasteiger charge is 2.13. The maximum absolute atomic E-state index is 5.97. The largest absolute Gasteiger partial charge is 0.380 e. The topological polar surface area (TPSA) is 38.5 Å². The van der Waals surface area contributed by atoms with E-state index in [1.807, 2.05) is 12.1 Å². The van der Waals surface area contributed by atoms with Crippen LogP contribution in [0, 0.1) is 0 Å². The Hall–Kier alpha value is -0.770. The van der Waals surface area contributed by atoms with Gasteiger partial charge in [-0.05, 0) is 30.2 Å². The summed E-state index contributed by atoms with van der Waals surface area (Å²) in [6.07, 6.45) is 1.06. The second-order valence-electron chi connectivity index (χ2n) is 3.93. The molecule has 2 rings (SSSR count). The second kappa shape index (κ2) is 5.53. The SMILES string of the molecule is NCc1cc(Cl)ccc1N1CCCOCC1. The van der Waals surface area contributed by atoms with E-state index in [1.165, 1.54) is 5.69 Å². The van der Waals surface area contributed by atoms with Gasteiger partial charge in [-0.2, -0.15) is 0 Å². The highest BCUT2D eigenvalue weighted by atomic mass is 35.5. The number of rotatable bonds is 2. The van der Waals surface area contributed by atoms with Crippen molar-refractivity contribution in [2.75, 3.05) is 31.2 Å². The second-order valence-corrected chi connectivity index (χ2v) is 4.37. The standard InChI is InChI=1S/C12H17ClN2O/c13-11-2-3-12(10(8-11)9-14)15-4-1-6-16-7-5-15/h2-3,8H,1,4-7,9,14H2. The Kier molecular flexibility index (Phi) is 4.04. The minimum atomic E-state index is 0.521. The van der Waals surface area contributed by atoms with Crippen LogP contribution in [0.2, 0.25) is 5.02 Å². The molecule has 0 amide bonds. The maximum Gasteiger partial charge on any atom is 0.0641 e. The van der Waals surface area contributed by atoms with E-state index in [1.54, 1.807) is 0 Å². The van der Waals surface area contributed by atoms with Gasteiger partial charge in [-0.3, -0.25) is 0 Å². The van der Waals surface area contributed by atoms with Gasteiger partial charge in [0.1, 0.15) is 0 Å². The molecule has 0 bridgehead atoms. The van der Waals surface area contributed by atoms with Gasteiger partial charge in [-0.15, -0.1) is 0 Å². The molecular weight excluding hydrogens is 224 g/mol. The molecule has 0 atom stereocenters. The van der Waals surface area contributed by atoms with Gasteiger partial charge in [-0.1, -0.05) is 11.6 Å². The summed E-state index contributed by atoms with van der Waals surface area (Å²) in [4.78, 5) is 2.32. The van der Waals surface area contributed by atoms with E-state index in [0.717, 1.165) is 43.3 Å². The first-order valence-corrected chi connectivity index (χ1v) is 6.00. The third-order valence-corrected chi connectivity index (χ3v) is 3.06. The van der Waals surface area contributed by atoms with Crippen LogP contribution in [0.1, 0.15) is 12.0 Å². The Morgan fingerprint density at radius 1 is 1.31 bits per heavy atom. The molecule has 2 N–H and O–H groups in total. The normalized spacial score (nSPS) is 17.2. The van der Waals surface area contributed by atoms with E-state index in [0.29, 0.717) is 6.54 Å². The number of benzene rings is 1. The highest BCUT2D eigenvalue weighted by Crippen LogP contribution is 2.24. The fourth-order valence-electron chi connectivity index (χ4n) is 2.01. The van der Waals surface area contributed by atoms with Gasteiger partial charge in [0.25, 0.3) is 0 Å². The lowest BCUT2D eigenvalue weighted by atomic mass is 10.1. The Bertz CT molecular complexity index is 349. The minimum absolute atomic E-state index is 0.521. The Morgan fingerprint density at radius 2 is 2.19 bits per heavy atom. The zero-order valence-corrected chi connectivity index (χ0v) is 10.0. The van der Waals surface area contributed by atoms with Crippen molar-refractivity contribution in [1.29, 1.82) is 0 Å². The molecule has 88 valence electrons. The zero-order valence-electron chi connectivity index (χ0n) is 9.29. The predicted octanol–water partition coefficient (Wildman–Crippen LogP) is 2.03. The van der Waals surface area contributed by atoms with Gasteiger partial charge in [0.15, 0.2) is 0 Å². The predicted molar refractivity (Wildman–Crippen MR) is 67.0 cm³/mol. The molecule has 1 aromatic rings. The lowest BCUT2D eigenvalue weighted by molar-refractivity contribution is 0.152. The molecule has 0 spiro atoms. The lowest BCUT2D eigenvalue weighted by Crippen LogP contribution is -2.27. The molecule has 1 saturated heterocycles. The number of anilines is 1. The van der Waals surface area contributed by atoms with E-state index in [-0.39, 0.29) is 0 Å². The van der Waals surface area contributed by atoms with E-state index < -0.39 is 0 Å². The molecule has 1 heterocycles. The number of hydrogen-bond acceptors (Lipinski definition) is 3. The van der Waals surface area contributed by atoms with E-state index in [9.17, 15) is 0 Å². The van der Waals surface area contributed by atoms with Gasteiger partial charge < -0.3 is 15.4 Å². The van der Waals surface area contributed by atoms with Gasteiger partial charge in [0.05, 0.1) is 6.61 Å². The van der Waals surface area contributed by atoms with Crippen LogP contribution >= 0.6 is 11.6 Å². The van der Waals surface area contributed by atoms with Crippen molar-refractivity contribution in [3.63, 3.8) is 0 Å². The summed E-state index contributed by atoms with van der Waals surface area (Å²) >= 11 is 5.97. The Morgan fingerprint density at radius 3 is 3.00 bits per heavy atom. The molecule has 0 saturated carbocycles. The van der Waals surface area contributed by atoms with Crippen LogP contribution in [0.4, 0.5) is 5.69 Å². The molecular formula is C12H17ClN2O. The first-order valence-electron chi connectivity index (χ1n) is 5.62. The van der Waals surface area contributed by atoms with Crippen LogP contribution in [-0.4, -0.2) is 26.3 Å². The number of halogens is 1. The van der Waals surface area contributed by atoms with Crippen molar-refractivity contribution in [2.45, 2.75) is 13.0 Å². The van der Waals surface area contributed by atoms with Crippen molar-refractivity contribution in [3.05, 3.63) is 28.8 Å². The number of nitrogens with zero attached hydrogens (tertiary/aromatic N) is 1. The number of nitrogens with two attached hydrogens (primary N) is 1. The van der Waals surface area contributed by atoms with Crippen LogP contribution < -0.4 is 10.6 Å². The maximum atomic E-state index is 5.97. The van der Waals surface area contributed by atoms with E-state index in [2.05, 4.69) is 11.0 Å². The summed E-state index contributed by atoms with van der Waals surface area (Å²) in [5.41, 5.74) is 8.05. The monoisotopic (exact) mass is 240 g/mol. The van der Waals surface area contributed by atoms with Crippen LogP contribution in [0.25, 0.3) is 0 Å².